The van der Waals surface area contributed by atoms with Crippen LogP contribution in [0.5, 0.6) is 0 Å². The van der Waals surface area contributed by atoms with Gasteiger partial charge in [0.15, 0.2) is 0 Å². The average molecular weight is 191 g/mol. The number of hydrogen-bond acceptors (Lipinski definition) is 1. The van der Waals surface area contributed by atoms with Crippen LogP contribution in [0.2, 0.25) is 0 Å². The molecule has 0 atom stereocenters. The second kappa shape index (κ2) is 10.9. The first-order valence-electron chi connectivity index (χ1n) is 2.08. The molecule has 0 aromatic rings. The van der Waals surface area contributed by atoms with E-state index < -0.39 is 0 Å². The van der Waals surface area contributed by atoms with Crippen LogP contribution in [0.4, 0.5) is 0 Å². The first kappa shape index (κ1) is 16.0. The molecular formula is C6H14OY-2. The van der Waals surface area contributed by atoms with E-state index in [0.29, 0.717) is 0 Å². The summed E-state index contributed by atoms with van der Waals surface area (Å²) < 4.78 is 4.94. The van der Waals surface area contributed by atoms with Gasteiger partial charge >= 0.3 is 0 Å². The zero-order chi connectivity index (χ0) is 3.54. The Hall–Kier alpha value is 1.06. The van der Waals surface area contributed by atoms with E-state index in [0.717, 1.165) is 13.2 Å². The predicted molar refractivity (Wildman–Crippen MR) is 32.9 cm³/mol. The van der Waals surface area contributed by atoms with Crippen LogP contribution in [0.3, 0.4) is 0 Å². The molecule has 0 bridgehead atoms. The van der Waals surface area contributed by atoms with Crippen molar-refractivity contribution in [1.29, 1.82) is 0 Å². The molecule has 1 heterocycles. The predicted octanol–water partition coefficient (Wildman–Crippen LogP) is 1.69. The SMILES string of the molecule is C1CCOC1.[CH3-].[CH3-].[Y]. The molecule has 8 heavy (non-hydrogen) atoms. The van der Waals surface area contributed by atoms with E-state index in [1.807, 2.05) is 0 Å². The Bertz CT molecular complexity index is 20.1. The molecule has 1 aliphatic heterocycles. The Morgan fingerprint density at radius 3 is 1.38 bits per heavy atom. The van der Waals surface area contributed by atoms with Gasteiger partial charge in [-0.15, -0.1) is 0 Å². The number of rotatable bonds is 0. The summed E-state index contributed by atoms with van der Waals surface area (Å²) in [5.41, 5.74) is 0. The van der Waals surface area contributed by atoms with Gasteiger partial charge in [0.05, 0.1) is 0 Å². The van der Waals surface area contributed by atoms with Crippen molar-refractivity contribution < 1.29 is 37.4 Å². The van der Waals surface area contributed by atoms with Crippen molar-refractivity contribution >= 4 is 0 Å². The first-order chi connectivity index (χ1) is 2.50. The van der Waals surface area contributed by atoms with Crippen LogP contribution < -0.4 is 0 Å². The summed E-state index contributed by atoms with van der Waals surface area (Å²) in [6.07, 6.45) is 2.56. The molecule has 1 rings (SSSR count). The Morgan fingerprint density at radius 1 is 0.875 bits per heavy atom. The zero-order valence-corrected chi connectivity index (χ0v) is 8.65. The zero-order valence-electron chi connectivity index (χ0n) is 5.81. The van der Waals surface area contributed by atoms with Gasteiger partial charge < -0.3 is 19.6 Å². The molecule has 0 saturated carbocycles. The molecule has 0 N–H and O–H groups in total. The van der Waals surface area contributed by atoms with Gasteiger partial charge in [0.1, 0.15) is 0 Å². The van der Waals surface area contributed by atoms with Crippen molar-refractivity contribution in [2.24, 2.45) is 0 Å². The van der Waals surface area contributed by atoms with Crippen molar-refractivity contribution in [1.82, 2.24) is 0 Å². The summed E-state index contributed by atoms with van der Waals surface area (Å²) in [6, 6.07) is 0. The Morgan fingerprint density at radius 2 is 1.25 bits per heavy atom. The normalized spacial score (nSPS) is 15.0. The Labute approximate surface area is 78.1 Å². The van der Waals surface area contributed by atoms with Gasteiger partial charge in [-0.25, -0.2) is 0 Å². The van der Waals surface area contributed by atoms with Crippen LogP contribution in [0.15, 0.2) is 0 Å². The number of hydrogen-bond donors (Lipinski definition) is 0. The Kier molecular flexibility index (Phi) is 21.9. The topological polar surface area (TPSA) is 9.23 Å². The van der Waals surface area contributed by atoms with E-state index in [1.54, 1.807) is 0 Å². The summed E-state index contributed by atoms with van der Waals surface area (Å²) in [5, 5.41) is 0. The molecule has 0 aliphatic carbocycles. The monoisotopic (exact) mass is 191 g/mol. The van der Waals surface area contributed by atoms with Crippen LogP contribution in [0.1, 0.15) is 12.8 Å². The maximum atomic E-state index is 4.94. The Balaban J connectivity index is -0.0000000833. The minimum absolute atomic E-state index is 0. The molecule has 1 radical (unpaired) electrons. The summed E-state index contributed by atoms with van der Waals surface area (Å²) in [7, 11) is 0. The summed E-state index contributed by atoms with van der Waals surface area (Å²) in [6.45, 7) is 2.00. The van der Waals surface area contributed by atoms with E-state index in [1.165, 1.54) is 12.8 Å². The third-order valence-corrected chi connectivity index (χ3v) is 0.827. The minimum atomic E-state index is 0. The molecule has 0 aromatic carbocycles. The molecule has 1 aliphatic rings. The first-order valence-corrected chi connectivity index (χ1v) is 2.08. The van der Waals surface area contributed by atoms with Crippen molar-refractivity contribution in [2.75, 3.05) is 13.2 Å². The van der Waals surface area contributed by atoms with Gasteiger partial charge in [0, 0.05) is 45.9 Å². The maximum absolute atomic E-state index is 4.94. The second-order valence-electron chi connectivity index (χ2n) is 1.32. The fraction of sp³-hybridized carbons (Fsp3) is 0.667. The van der Waals surface area contributed by atoms with E-state index in [2.05, 4.69) is 0 Å². The molecule has 0 aromatic heterocycles. The van der Waals surface area contributed by atoms with Gasteiger partial charge in [-0.2, -0.15) is 0 Å². The van der Waals surface area contributed by atoms with Crippen LogP contribution >= 0.6 is 0 Å². The summed E-state index contributed by atoms with van der Waals surface area (Å²) >= 11 is 0. The summed E-state index contributed by atoms with van der Waals surface area (Å²) in [4.78, 5) is 0. The third-order valence-electron chi connectivity index (χ3n) is 0.827. The minimum Gasteiger partial charge on any atom is -0.381 e. The standard InChI is InChI=1S/C4H8O.2CH3.Y/c1-2-4-5-3-1;;;/h1-4H2;2*1H3;/q;2*-1;. The van der Waals surface area contributed by atoms with Crippen molar-refractivity contribution in [3.05, 3.63) is 14.9 Å². The van der Waals surface area contributed by atoms with Gasteiger partial charge in [-0.05, 0) is 12.8 Å². The van der Waals surface area contributed by atoms with Gasteiger partial charge in [0.25, 0.3) is 0 Å². The average Bonchev–Trinajstić information content (AvgIpc) is 1.76. The molecule has 49 valence electrons. The smallest absolute Gasteiger partial charge is 0.0466 e. The van der Waals surface area contributed by atoms with E-state index in [-0.39, 0.29) is 47.6 Å². The molecule has 1 fully saturated rings. The summed E-state index contributed by atoms with van der Waals surface area (Å²) in [5.74, 6) is 0. The van der Waals surface area contributed by atoms with Crippen LogP contribution in [0.25, 0.3) is 0 Å². The molecular weight excluding hydrogens is 177 g/mol. The molecule has 1 nitrogen and oxygen atoms in total. The van der Waals surface area contributed by atoms with Gasteiger partial charge in [-0.3, -0.25) is 0 Å². The quantitative estimate of drug-likeness (QED) is 0.529. The molecule has 0 spiro atoms. The van der Waals surface area contributed by atoms with E-state index in [9.17, 15) is 0 Å². The molecule has 0 amide bonds. The van der Waals surface area contributed by atoms with Crippen LogP contribution in [-0.4, -0.2) is 13.2 Å². The van der Waals surface area contributed by atoms with Gasteiger partial charge in [0.2, 0.25) is 0 Å². The van der Waals surface area contributed by atoms with Crippen molar-refractivity contribution in [3.63, 3.8) is 0 Å². The van der Waals surface area contributed by atoms with E-state index >= 15 is 0 Å². The van der Waals surface area contributed by atoms with Gasteiger partial charge in [-0.1, -0.05) is 0 Å². The fourth-order valence-corrected chi connectivity index (χ4v) is 0.510. The van der Waals surface area contributed by atoms with Crippen LogP contribution in [0, 0.1) is 14.9 Å². The van der Waals surface area contributed by atoms with Crippen molar-refractivity contribution in [3.8, 4) is 0 Å². The molecule has 2 heteroatoms. The van der Waals surface area contributed by atoms with Crippen molar-refractivity contribution in [2.45, 2.75) is 12.8 Å². The van der Waals surface area contributed by atoms with Crippen LogP contribution in [-0.2, 0) is 37.4 Å². The molecule has 1 saturated heterocycles. The van der Waals surface area contributed by atoms with E-state index in [4.69, 9.17) is 4.74 Å². The second-order valence-corrected chi connectivity index (χ2v) is 1.32. The third kappa shape index (κ3) is 7.06. The molecule has 0 unspecified atom stereocenters. The largest absolute Gasteiger partial charge is 0.381 e. The maximum Gasteiger partial charge on any atom is 0.0466 e. The number of ether oxygens (including phenoxy) is 1. The fourth-order valence-electron chi connectivity index (χ4n) is 0.510.